The first-order valence-corrected chi connectivity index (χ1v) is 9.43. The van der Waals surface area contributed by atoms with Gasteiger partial charge in [-0.25, -0.2) is 13.9 Å². The molecule has 1 aromatic heterocycles. The van der Waals surface area contributed by atoms with E-state index < -0.39 is 11.7 Å². The van der Waals surface area contributed by atoms with Crippen LogP contribution in [0, 0.1) is 12.7 Å². The highest BCUT2D eigenvalue weighted by Crippen LogP contribution is 2.10. The SMILES string of the molecule is Cc1ccc(C(=O)NCCNC(=O)Cn2nc3n(c2=O)CCCCC3)cc1F. The molecule has 0 radical (unpaired) electrons. The summed E-state index contributed by atoms with van der Waals surface area (Å²) in [6, 6.07) is 4.26. The summed E-state index contributed by atoms with van der Waals surface area (Å²) in [4.78, 5) is 36.4. The van der Waals surface area contributed by atoms with Gasteiger partial charge in [-0.1, -0.05) is 12.5 Å². The monoisotopic (exact) mass is 389 g/mol. The summed E-state index contributed by atoms with van der Waals surface area (Å²) < 4.78 is 16.3. The number of aryl methyl sites for hydroxylation is 2. The number of benzene rings is 1. The van der Waals surface area contributed by atoms with Gasteiger partial charge in [0.15, 0.2) is 0 Å². The Bertz CT molecular complexity index is 934. The van der Waals surface area contributed by atoms with Crippen molar-refractivity contribution >= 4 is 11.8 Å². The molecule has 0 spiro atoms. The summed E-state index contributed by atoms with van der Waals surface area (Å²) in [6.07, 6.45) is 3.75. The smallest absolute Gasteiger partial charge is 0.346 e. The number of amides is 2. The molecule has 2 N–H and O–H groups in total. The number of rotatable bonds is 6. The van der Waals surface area contributed by atoms with E-state index in [0.717, 1.165) is 31.5 Å². The van der Waals surface area contributed by atoms with E-state index in [2.05, 4.69) is 15.7 Å². The Kier molecular flexibility index (Phi) is 6.23. The lowest BCUT2D eigenvalue weighted by Gasteiger charge is -2.08. The number of hydrogen-bond acceptors (Lipinski definition) is 4. The quantitative estimate of drug-likeness (QED) is 0.713. The normalized spacial score (nSPS) is 13.5. The molecule has 0 fully saturated rings. The maximum absolute atomic E-state index is 13.5. The van der Waals surface area contributed by atoms with Gasteiger partial charge in [0, 0.05) is 31.6 Å². The Balaban J connectivity index is 1.45. The number of halogens is 1. The zero-order chi connectivity index (χ0) is 20.1. The van der Waals surface area contributed by atoms with E-state index in [4.69, 9.17) is 0 Å². The van der Waals surface area contributed by atoms with Gasteiger partial charge in [0.2, 0.25) is 5.91 Å². The Labute approximate surface area is 161 Å². The van der Waals surface area contributed by atoms with E-state index >= 15 is 0 Å². The third-order valence-corrected chi connectivity index (χ3v) is 4.74. The van der Waals surface area contributed by atoms with Gasteiger partial charge < -0.3 is 10.6 Å². The second-order valence-electron chi connectivity index (χ2n) is 6.89. The van der Waals surface area contributed by atoms with E-state index in [0.29, 0.717) is 12.1 Å². The average Bonchev–Trinajstić information content (AvgIpc) is 2.84. The summed E-state index contributed by atoms with van der Waals surface area (Å²) >= 11 is 0. The van der Waals surface area contributed by atoms with Crippen molar-refractivity contribution in [3.05, 3.63) is 51.5 Å². The van der Waals surface area contributed by atoms with Gasteiger partial charge in [0.25, 0.3) is 5.91 Å². The van der Waals surface area contributed by atoms with Gasteiger partial charge in [-0.05, 0) is 37.5 Å². The van der Waals surface area contributed by atoms with Crippen LogP contribution in [0.3, 0.4) is 0 Å². The number of carbonyl (C=O) groups is 2. The van der Waals surface area contributed by atoms with Crippen LogP contribution in [0.4, 0.5) is 4.39 Å². The highest BCUT2D eigenvalue weighted by molar-refractivity contribution is 5.94. The van der Waals surface area contributed by atoms with Crippen LogP contribution in [-0.4, -0.2) is 39.3 Å². The summed E-state index contributed by atoms with van der Waals surface area (Å²) in [5.74, 6) is -0.481. The molecular formula is C19H24FN5O3. The van der Waals surface area contributed by atoms with Crippen molar-refractivity contribution in [3.63, 3.8) is 0 Å². The standard InChI is InChI=1S/C19H24FN5O3/c1-13-6-7-14(11-15(13)20)18(27)22-9-8-21-17(26)12-25-19(28)24-10-4-2-3-5-16(24)23-25/h6-7,11H,2-5,8-10,12H2,1H3,(H,21,26)(H,22,27). The number of fused-ring (bicyclic) bond motifs is 1. The van der Waals surface area contributed by atoms with Gasteiger partial charge in [0.05, 0.1) is 0 Å². The summed E-state index contributed by atoms with van der Waals surface area (Å²) in [7, 11) is 0. The molecule has 0 aliphatic carbocycles. The molecule has 2 heterocycles. The maximum Gasteiger partial charge on any atom is 0.346 e. The summed E-state index contributed by atoms with van der Waals surface area (Å²) in [5, 5.41) is 9.52. The Hall–Kier alpha value is -2.97. The molecule has 1 aliphatic heterocycles. The first kappa shape index (κ1) is 19.8. The zero-order valence-electron chi connectivity index (χ0n) is 15.8. The Morgan fingerprint density at radius 3 is 2.75 bits per heavy atom. The van der Waals surface area contributed by atoms with Gasteiger partial charge >= 0.3 is 5.69 Å². The van der Waals surface area contributed by atoms with Crippen LogP contribution in [0.5, 0.6) is 0 Å². The van der Waals surface area contributed by atoms with E-state index in [9.17, 15) is 18.8 Å². The minimum absolute atomic E-state index is 0.157. The third kappa shape index (κ3) is 4.65. The Morgan fingerprint density at radius 1 is 1.18 bits per heavy atom. The molecule has 0 unspecified atom stereocenters. The van der Waals surface area contributed by atoms with Crippen molar-refractivity contribution in [1.29, 1.82) is 0 Å². The number of carbonyl (C=O) groups excluding carboxylic acids is 2. The number of aromatic nitrogens is 3. The second kappa shape index (κ2) is 8.81. The lowest BCUT2D eigenvalue weighted by Crippen LogP contribution is -2.38. The fraction of sp³-hybridized carbons (Fsp3) is 0.474. The van der Waals surface area contributed by atoms with Crippen molar-refractivity contribution in [1.82, 2.24) is 25.0 Å². The van der Waals surface area contributed by atoms with Crippen LogP contribution in [-0.2, 0) is 24.3 Å². The molecule has 0 bridgehead atoms. The highest BCUT2D eigenvalue weighted by atomic mass is 19.1. The lowest BCUT2D eigenvalue weighted by molar-refractivity contribution is -0.121. The lowest BCUT2D eigenvalue weighted by atomic mass is 10.1. The third-order valence-electron chi connectivity index (χ3n) is 4.74. The summed E-state index contributed by atoms with van der Waals surface area (Å²) in [5.41, 5.74) is 0.429. The van der Waals surface area contributed by atoms with Crippen LogP contribution in [0.25, 0.3) is 0 Å². The molecule has 0 atom stereocenters. The second-order valence-corrected chi connectivity index (χ2v) is 6.89. The zero-order valence-corrected chi connectivity index (χ0v) is 15.8. The number of nitrogens with one attached hydrogen (secondary N) is 2. The van der Waals surface area contributed by atoms with Crippen LogP contribution < -0.4 is 16.3 Å². The fourth-order valence-corrected chi connectivity index (χ4v) is 3.13. The number of hydrogen-bond donors (Lipinski definition) is 2. The van der Waals surface area contributed by atoms with Gasteiger partial charge in [-0.3, -0.25) is 14.2 Å². The van der Waals surface area contributed by atoms with Crippen LogP contribution in [0.2, 0.25) is 0 Å². The molecule has 28 heavy (non-hydrogen) atoms. The summed E-state index contributed by atoms with van der Waals surface area (Å²) in [6.45, 7) is 2.49. The van der Waals surface area contributed by atoms with E-state index in [1.54, 1.807) is 17.6 Å². The van der Waals surface area contributed by atoms with Gasteiger partial charge in [-0.15, -0.1) is 0 Å². The van der Waals surface area contributed by atoms with Crippen molar-refractivity contribution < 1.29 is 14.0 Å². The van der Waals surface area contributed by atoms with E-state index in [1.807, 2.05) is 0 Å². The maximum atomic E-state index is 13.5. The molecule has 9 heteroatoms. The molecule has 8 nitrogen and oxygen atoms in total. The van der Waals surface area contributed by atoms with Crippen molar-refractivity contribution in [2.75, 3.05) is 13.1 Å². The molecule has 2 aromatic rings. The van der Waals surface area contributed by atoms with Crippen LogP contribution in [0.15, 0.2) is 23.0 Å². The molecule has 1 aliphatic rings. The van der Waals surface area contributed by atoms with Crippen molar-refractivity contribution in [3.8, 4) is 0 Å². The van der Waals surface area contributed by atoms with E-state index in [1.165, 1.54) is 16.8 Å². The first-order chi connectivity index (χ1) is 13.5. The minimum Gasteiger partial charge on any atom is -0.353 e. The van der Waals surface area contributed by atoms with Gasteiger partial charge in [-0.2, -0.15) is 5.10 Å². The largest absolute Gasteiger partial charge is 0.353 e. The van der Waals surface area contributed by atoms with Crippen LogP contribution >= 0.6 is 0 Å². The molecule has 2 amide bonds. The fourth-order valence-electron chi connectivity index (χ4n) is 3.13. The van der Waals surface area contributed by atoms with Crippen LogP contribution in [0.1, 0.15) is 41.0 Å². The molecular weight excluding hydrogens is 365 g/mol. The van der Waals surface area contributed by atoms with Crippen molar-refractivity contribution in [2.45, 2.75) is 45.7 Å². The molecule has 150 valence electrons. The molecule has 1 aromatic carbocycles. The molecule has 3 rings (SSSR count). The predicted molar refractivity (Wildman–Crippen MR) is 101 cm³/mol. The molecule has 0 saturated heterocycles. The highest BCUT2D eigenvalue weighted by Gasteiger charge is 2.17. The minimum atomic E-state index is -0.440. The topological polar surface area (TPSA) is 98.0 Å². The van der Waals surface area contributed by atoms with Crippen molar-refractivity contribution in [2.24, 2.45) is 0 Å². The predicted octanol–water partition coefficient (Wildman–Crippen LogP) is 0.765. The molecule has 0 saturated carbocycles. The Morgan fingerprint density at radius 2 is 1.96 bits per heavy atom. The first-order valence-electron chi connectivity index (χ1n) is 9.43. The van der Waals surface area contributed by atoms with E-state index in [-0.39, 0.29) is 36.8 Å². The average molecular weight is 389 g/mol. The number of nitrogens with zero attached hydrogens (tertiary/aromatic N) is 3. The van der Waals surface area contributed by atoms with Gasteiger partial charge in [0.1, 0.15) is 18.2 Å².